The zero-order chi connectivity index (χ0) is 14.1. The minimum atomic E-state index is -0.843. The van der Waals surface area contributed by atoms with Gasteiger partial charge in [0.15, 0.2) is 5.65 Å². The second kappa shape index (κ2) is 4.69. The van der Waals surface area contributed by atoms with Crippen LogP contribution in [0.3, 0.4) is 0 Å². The first-order chi connectivity index (χ1) is 9.65. The number of aromatic nitrogens is 3. The number of halogens is 2. The van der Waals surface area contributed by atoms with Gasteiger partial charge in [-0.2, -0.15) is 5.10 Å². The summed E-state index contributed by atoms with van der Waals surface area (Å²) in [5.41, 5.74) is 0.592. The monoisotopic (exact) mass is 274 g/mol. The number of anilines is 1. The van der Waals surface area contributed by atoms with Gasteiger partial charge < -0.3 is 5.32 Å². The standard InChI is InChI=1S/C13H8F2N4O/c14-8-1-2-10(9(15)7-8)18-13(20)11-3-5-16-12-4-6-17-19(11)12/h1-7H,(H,18,20). The highest BCUT2D eigenvalue weighted by Gasteiger charge is 2.13. The average Bonchev–Trinajstić information content (AvgIpc) is 2.90. The van der Waals surface area contributed by atoms with Crippen molar-refractivity contribution in [1.29, 1.82) is 0 Å². The molecule has 1 aromatic carbocycles. The Balaban J connectivity index is 1.95. The smallest absolute Gasteiger partial charge is 0.274 e. The van der Waals surface area contributed by atoms with Crippen LogP contribution in [0.25, 0.3) is 5.65 Å². The maximum atomic E-state index is 13.5. The third kappa shape index (κ3) is 2.09. The van der Waals surface area contributed by atoms with Gasteiger partial charge in [-0.3, -0.25) is 4.79 Å². The number of fused-ring (bicyclic) bond motifs is 1. The van der Waals surface area contributed by atoms with Crippen molar-refractivity contribution in [3.05, 3.63) is 60.1 Å². The Bertz CT molecular complexity index is 800. The summed E-state index contributed by atoms with van der Waals surface area (Å²) in [6.07, 6.45) is 2.95. The van der Waals surface area contributed by atoms with Crippen LogP contribution in [0.2, 0.25) is 0 Å². The molecule has 0 saturated heterocycles. The predicted molar refractivity (Wildman–Crippen MR) is 67.3 cm³/mol. The van der Waals surface area contributed by atoms with E-state index in [0.717, 1.165) is 12.1 Å². The topological polar surface area (TPSA) is 59.3 Å². The lowest BCUT2D eigenvalue weighted by Gasteiger charge is -2.07. The molecule has 5 nitrogen and oxygen atoms in total. The quantitative estimate of drug-likeness (QED) is 0.779. The molecule has 0 aliphatic rings. The molecule has 0 unspecified atom stereocenters. The summed E-state index contributed by atoms with van der Waals surface area (Å²) >= 11 is 0. The molecule has 0 aliphatic carbocycles. The first kappa shape index (κ1) is 12.2. The van der Waals surface area contributed by atoms with Crippen molar-refractivity contribution in [3.8, 4) is 0 Å². The van der Waals surface area contributed by atoms with Crippen LogP contribution in [-0.2, 0) is 0 Å². The Hall–Kier alpha value is -2.83. The number of nitrogens with one attached hydrogen (secondary N) is 1. The van der Waals surface area contributed by atoms with Gasteiger partial charge in [-0.05, 0) is 18.2 Å². The van der Waals surface area contributed by atoms with Crippen molar-refractivity contribution in [2.24, 2.45) is 0 Å². The maximum Gasteiger partial charge on any atom is 0.274 e. The normalized spacial score (nSPS) is 10.7. The summed E-state index contributed by atoms with van der Waals surface area (Å²) in [7, 11) is 0. The second-order valence-electron chi connectivity index (χ2n) is 4.01. The van der Waals surface area contributed by atoms with Gasteiger partial charge in [-0.1, -0.05) is 0 Å². The molecule has 7 heteroatoms. The number of carbonyl (C=O) groups excluding carboxylic acids is 1. The Morgan fingerprint density at radius 1 is 1.15 bits per heavy atom. The highest BCUT2D eigenvalue weighted by Crippen LogP contribution is 2.16. The molecule has 1 N–H and O–H groups in total. The van der Waals surface area contributed by atoms with Gasteiger partial charge in [0.25, 0.3) is 5.91 Å². The van der Waals surface area contributed by atoms with Crippen LogP contribution in [0.4, 0.5) is 14.5 Å². The Morgan fingerprint density at radius 2 is 2.00 bits per heavy atom. The first-order valence-electron chi connectivity index (χ1n) is 5.70. The van der Waals surface area contributed by atoms with Gasteiger partial charge >= 0.3 is 0 Å². The molecule has 0 spiro atoms. The number of hydrogen-bond donors (Lipinski definition) is 1. The largest absolute Gasteiger partial charge is 0.318 e. The number of rotatable bonds is 2. The van der Waals surface area contributed by atoms with Gasteiger partial charge in [0.1, 0.15) is 17.3 Å². The fourth-order valence-electron chi connectivity index (χ4n) is 1.78. The van der Waals surface area contributed by atoms with Gasteiger partial charge in [0, 0.05) is 18.3 Å². The molecule has 0 aliphatic heterocycles. The molecule has 100 valence electrons. The summed E-state index contributed by atoms with van der Waals surface area (Å²) in [5, 5.41) is 6.32. The maximum absolute atomic E-state index is 13.5. The van der Waals surface area contributed by atoms with Gasteiger partial charge in [-0.25, -0.2) is 18.3 Å². The number of nitrogens with zero attached hydrogens (tertiary/aromatic N) is 3. The van der Waals surface area contributed by atoms with Crippen LogP contribution in [0.5, 0.6) is 0 Å². The summed E-state index contributed by atoms with van der Waals surface area (Å²) in [4.78, 5) is 16.1. The van der Waals surface area contributed by atoms with Crippen LogP contribution in [0.1, 0.15) is 10.5 Å². The number of hydrogen-bond acceptors (Lipinski definition) is 3. The Kier molecular flexibility index (Phi) is 2.86. The van der Waals surface area contributed by atoms with Crippen LogP contribution in [0, 0.1) is 11.6 Å². The van der Waals surface area contributed by atoms with E-state index in [2.05, 4.69) is 15.4 Å². The van der Waals surface area contributed by atoms with E-state index < -0.39 is 17.5 Å². The minimum Gasteiger partial charge on any atom is -0.318 e. The number of amides is 1. The average molecular weight is 274 g/mol. The first-order valence-corrected chi connectivity index (χ1v) is 5.70. The van der Waals surface area contributed by atoms with Crippen molar-refractivity contribution in [2.75, 3.05) is 5.32 Å². The summed E-state index contributed by atoms with van der Waals surface area (Å²) in [6.45, 7) is 0. The molecule has 0 saturated carbocycles. The summed E-state index contributed by atoms with van der Waals surface area (Å²) < 4.78 is 27.6. The van der Waals surface area contributed by atoms with Crippen molar-refractivity contribution in [2.45, 2.75) is 0 Å². The second-order valence-corrected chi connectivity index (χ2v) is 4.01. The minimum absolute atomic E-state index is 0.103. The van der Waals surface area contributed by atoms with E-state index in [1.54, 1.807) is 6.07 Å². The zero-order valence-electron chi connectivity index (χ0n) is 10.0. The van der Waals surface area contributed by atoms with Crippen LogP contribution in [-0.4, -0.2) is 20.5 Å². The third-order valence-corrected chi connectivity index (χ3v) is 2.70. The Morgan fingerprint density at radius 3 is 2.80 bits per heavy atom. The van der Waals surface area contributed by atoms with E-state index in [9.17, 15) is 13.6 Å². The third-order valence-electron chi connectivity index (χ3n) is 2.70. The molecule has 3 rings (SSSR count). The fraction of sp³-hybridized carbons (Fsp3) is 0. The lowest BCUT2D eigenvalue weighted by atomic mass is 10.3. The molecule has 20 heavy (non-hydrogen) atoms. The van der Waals surface area contributed by atoms with E-state index in [0.29, 0.717) is 11.7 Å². The van der Waals surface area contributed by atoms with Crippen LogP contribution < -0.4 is 5.32 Å². The summed E-state index contributed by atoms with van der Waals surface area (Å²) in [5.74, 6) is -2.12. The SMILES string of the molecule is O=C(Nc1ccc(F)cc1F)c1ccnc2ccnn12. The molecule has 0 bridgehead atoms. The molecular formula is C13H8F2N4O. The number of carbonyl (C=O) groups is 1. The molecule has 3 aromatic rings. The Labute approximate surface area is 111 Å². The van der Waals surface area contributed by atoms with E-state index in [-0.39, 0.29) is 11.4 Å². The summed E-state index contributed by atoms with van der Waals surface area (Å²) in [6, 6.07) is 6.01. The molecule has 0 atom stereocenters. The lowest BCUT2D eigenvalue weighted by molar-refractivity contribution is 0.101. The van der Waals surface area contributed by atoms with Crippen LogP contribution >= 0.6 is 0 Å². The van der Waals surface area contributed by atoms with Crippen molar-refractivity contribution in [3.63, 3.8) is 0 Å². The van der Waals surface area contributed by atoms with Crippen molar-refractivity contribution < 1.29 is 13.6 Å². The van der Waals surface area contributed by atoms with E-state index in [1.165, 1.54) is 23.0 Å². The zero-order valence-corrected chi connectivity index (χ0v) is 10.0. The van der Waals surface area contributed by atoms with E-state index in [1.807, 2.05) is 0 Å². The molecular weight excluding hydrogens is 266 g/mol. The van der Waals surface area contributed by atoms with Gasteiger partial charge in [0.05, 0.1) is 11.9 Å². The lowest BCUT2D eigenvalue weighted by Crippen LogP contribution is -2.17. The molecule has 1 amide bonds. The molecule has 2 heterocycles. The van der Waals surface area contributed by atoms with Gasteiger partial charge in [0.2, 0.25) is 0 Å². The van der Waals surface area contributed by atoms with Crippen LogP contribution in [0.15, 0.2) is 42.7 Å². The number of benzene rings is 1. The fourth-order valence-corrected chi connectivity index (χ4v) is 1.78. The van der Waals surface area contributed by atoms with Crippen molar-refractivity contribution >= 4 is 17.2 Å². The van der Waals surface area contributed by atoms with E-state index in [4.69, 9.17) is 0 Å². The predicted octanol–water partition coefficient (Wildman–Crippen LogP) is 2.26. The van der Waals surface area contributed by atoms with Crippen molar-refractivity contribution in [1.82, 2.24) is 14.6 Å². The molecule has 0 radical (unpaired) electrons. The van der Waals surface area contributed by atoms with E-state index >= 15 is 0 Å². The van der Waals surface area contributed by atoms with Gasteiger partial charge in [-0.15, -0.1) is 0 Å². The highest BCUT2D eigenvalue weighted by atomic mass is 19.1. The highest BCUT2D eigenvalue weighted by molar-refractivity contribution is 6.03. The molecule has 0 fully saturated rings. The molecule has 2 aromatic heterocycles.